The van der Waals surface area contributed by atoms with Gasteiger partial charge in [0.05, 0.1) is 10.6 Å². The number of fused-ring (bicyclic) bond motifs is 3. The van der Waals surface area contributed by atoms with Gasteiger partial charge in [0.25, 0.3) is 5.91 Å². The zero-order valence-electron chi connectivity index (χ0n) is 15.1. The fourth-order valence-corrected chi connectivity index (χ4v) is 3.92. The molecule has 0 bridgehead atoms. The second-order valence-electron chi connectivity index (χ2n) is 6.33. The SMILES string of the molecule is O=C(Nc1nc2c(s1)COc1ccccc1-2)c1ccc(Nc2ccncn2)cc1. The molecule has 142 valence electrons. The maximum atomic E-state index is 12.6. The number of hydrogen-bond acceptors (Lipinski definition) is 7. The maximum Gasteiger partial charge on any atom is 0.257 e. The third-order valence-corrected chi connectivity index (χ3v) is 5.36. The Kier molecular flexibility index (Phi) is 4.38. The maximum absolute atomic E-state index is 12.6. The van der Waals surface area contributed by atoms with Gasteiger partial charge in [0.1, 0.15) is 24.5 Å². The predicted molar refractivity (Wildman–Crippen MR) is 112 cm³/mol. The van der Waals surface area contributed by atoms with Crippen molar-refractivity contribution in [1.29, 1.82) is 0 Å². The number of thiazole rings is 1. The van der Waals surface area contributed by atoms with E-state index in [4.69, 9.17) is 4.74 Å². The summed E-state index contributed by atoms with van der Waals surface area (Å²) in [4.78, 5) is 26.2. The number of aromatic nitrogens is 3. The van der Waals surface area contributed by atoms with E-state index in [2.05, 4.69) is 25.6 Å². The summed E-state index contributed by atoms with van der Waals surface area (Å²) in [6.45, 7) is 0.462. The number of amides is 1. The van der Waals surface area contributed by atoms with Crippen molar-refractivity contribution in [2.24, 2.45) is 0 Å². The zero-order valence-corrected chi connectivity index (χ0v) is 15.9. The van der Waals surface area contributed by atoms with Crippen LogP contribution in [-0.4, -0.2) is 20.9 Å². The van der Waals surface area contributed by atoms with Crippen LogP contribution in [0.4, 0.5) is 16.6 Å². The lowest BCUT2D eigenvalue weighted by atomic mass is 10.1. The molecule has 0 unspecified atom stereocenters. The number of para-hydroxylation sites is 1. The van der Waals surface area contributed by atoms with Crippen LogP contribution >= 0.6 is 11.3 Å². The van der Waals surface area contributed by atoms with E-state index in [0.29, 0.717) is 23.1 Å². The molecule has 0 fully saturated rings. The van der Waals surface area contributed by atoms with E-state index in [9.17, 15) is 4.79 Å². The zero-order chi connectivity index (χ0) is 19.6. The normalized spacial score (nSPS) is 11.7. The van der Waals surface area contributed by atoms with Gasteiger partial charge in [-0.25, -0.2) is 15.0 Å². The highest BCUT2D eigenvalue weighted by Crippen LogP contribution is 2.40. The topological polar surface area (TPSA) is 89.0 Å². The Hall–Kier alpha value is -3.78. The Bertz CT molecular complexity index is 1180. The molecule has 0 atom stereocenters. The van der Waals surface area contributed by atoms with Crippen LogP contribution in [0.25, 0.3) is 11.3 Å². The van der Waals surface area contributed by atoms with Crippen molar-refractivity contribution in [1.82, 2.24) is 15.0 Å². The minimum absolute atomic E-state index is 0.209. The smallest absolute Gasteiger partial charge is 0.257 e. The summed E-state index contributed by atoms with van der Waals surface area (Å²) < 4.78 is 5.76. The molecule has 29 heavy (non-hydrogen) atoms. The fraction of sp³-hybridized carbons (Fsp3) is 0.0476. The van der Waals surface area contributed by atoms with Gasteiger partial charge in [0.2, 0.25) is 0 Å². The molecular formula is C21H15N5O2S. The predicted octanol–water partition coefficient (Wildman–Crippen LogP) is 4.49. The summed E-state index contributed by atoms with van der Waals surface area (Å²) in [6, 6.07) is 16.7. The van der Waals surface area contributed by atoms with E-state index in [1.54, 1.807) is 24.4 Å². The van der Waals surface area contributed by atoms with Gasteiger partial charge in [0.15, 0.2) is 5.13 Å². The molecule has 7 nitrogen and oxygen atoms in total. The van der Waals surface area contributed by atoms with Crippen molar-refractivity contribution in [3.8, 4) is 17.0 Å². The number of nitrogens with one attached hydrogen (secondary N) is 2. The lowest BCUT2D eigenvalue weighted by Crippen LogP contribution is -2.11. The van der Waals surface area contributed by atoms with Crippen LogP contribution in [0.15, 0.2) is 67.1 Å². The van der Waals surface area contributed by atoms with Crippen molar-refractivity contribution in [3.05, 3.63) is 77.6 Å². The number of benzene rings is 2. The molecule has 1 amide bonds. The Morgan fingerprint density at radius 2 is 1.93 bits per heavy atom. The van der Waals surface area contributed by atoms with Crippen LogP contribution in [0.1, 0.15) is 15.2 Å². The summed E-state index contributed by atoms with van der Waals surface area (Å²) in [7, 11) is 0. The molecule has 1 aliphatic heterocycles. The van der Waals surface area contributed by atoms with Gasteiger partial charge in [-0.1, -0.05) is 23.5 Å². The molecule has 0 spiro atoms. The van der Waals surface area contributed by atoms with Gasteiger partial charge < -0.3 is 10.1 Å². The van der Waals surface area contributed by atoms with Crippen LogP contribution in [0, 0.1) is 0 Å². The average molecular weight is 401 g/mol. The van der Waals surface area contributed by atoms with E-state index in [1.807, 2.05) is 36.4 Å². The molecule has 0 saturated carbocycles. The average Bonchev–Trinajstić information content (AvgIpc) is 3.18. The van der Waals surface area contributed by atoms with E-state index in [0.717, 1.165) is 27.6 Å². The molecule has 2 aromatic carbocycles. The summed E-state index contributed by atoms with van der Waals surface area (Å²) in [6.07, 6.45) is 3.13. The quantitative estimate of drug-likeness (QED) is 0.524. The highest BCUT2D eigenvalue weighted by molar-refractivity contribution is 7.16. The van der Waals surface area contributed by atoms with Crippen LogP contribution in [0.5, 0.6) is 5.75 Å². The largest absolute Gasteiger partial charge is 0.487 e. The highest BCUT2D eigenvalue weighted by Gasteiger charge is 2.22. The number of carbonyl (C=O) groups excluding carboxylic acids is 1. The Morgan fingerprint density at radius 1 is 1.07 bits per heavy atom. The van der Waals surface area contributed by atoms with E-state index in [-0.39, 0.29) is 5.91 Å². The van der Waals surface area contributed by atoms with Crippen LogP contribution in [-0.2, 0) is 6.61 Å². The number of rotatable bonds is 4. The van der Waals surface area contributed by atoms with Crippen molar-refractivity contribution in [2.75, 3.05) is 10.6 Å². The number of carbonyl (C=O) groups is 1. The number of nitrogens with zero attached hydrogens (tertiary/aromatic N) is 3. The van der Waals surface area contributed by atoms with Gasteiger partial charge in [-0.15, -0.1) is 0 Å². The lowest BCUT2D eigenvalue weighted by molar-refractivity contribution is 0.102. The van der Waals surface area contributed by atoms with Gasteiger partial charge in [-0.3, -0.25) is 10.1 Å². The molecule has 1 aliphatic rings. The van der Waals surface area contributed by atoms with Crippen LogP contribution in [0.2, 0.25) is 0 Å². The standard InChI is InChI=1S/C21H15N5O2S/c27-20(13-5-7-14(8-6-13)24-18-9-10-22-12-23-18)26-21-25-19-15-3-1-2-4-16(15)28-11-17(19)29-21/h1-10,12H,11H2,(H,22,23,24)(H,25,26,27). The van der Waals surface area contributed by atoms with Crippen molar-refractivity contribution >= 4 is 33.9 Å². The minimum Gasteiger partial charge on any atom is -0.487 e. The highest BCUT2D eigenvalue weighted by atomic mass is 32.1. The first-order chi connectivity index (χ1) is 14.3. The molecule has 0 aliphatic carbocycles. The molecule has 5 rings (SSSR count). The molecule has 0 radical (unpaired) electrons. The Morgan fingerprint density at radius 3 is 2.76 bits per heavy atom. The molecule has 0 saturated heterocycles. The summed E-state index contributed by atoms with van der Waals surface area (Å²) in [5.41, 5.74) is 3.20. The number of ether oxygens (including phenoxy) is 1. The minimum atomic E-state index is -0.209. The van der Waals surface area contributed by atoms with Crippen molar-refractivity contribution in [3.63, 3.8) is 0 Å². The molecule has 2 N–H and O–H groups in total. The lowest BCUT2D eigenvalue weighted by Gasteiger charge is -2.15. The fourth-order valence-electron chi connectivity index (χ4n) is 3.03. The van der Waals surface area contributed by atoms with Crippen LogP contribution < -0.4 is 15.4 Å². The summed E-state index contributed by atoms with van der Waals surface area (Å²) in [5, 5.41) is 6.60. The van der Waals surface area contributed by atoms with Crippen molar-refractivity contribution < 1.29 is 9.53 Å². The molecule has 3 heterocycles. The van der Waals surface area contributed by atoms with E-state index in [1.165, 1.54) is 17.7 Å². The first-order valence-electron chi connectivity index (χ1n) is 8.92. The first kappa shape index (κ1) is 17.3. The summed E-state index contributed by atoms with van der Waals surface area (Å²) in [5.74, 6) is 1.29. The molecule has 2 aromatic heterocycles. The second-order valence-corrected chi connectivity index (χ2v) is 7.41. The third-order valence-electron chi connectivity index (χ3n) is 4.42. The Balaban J connectivity index is 1.31. The third kappa shape index (κ3) is 3.53. The second kappa shape index (κ2) is 7.33. The van der Waals surface area contributed by atoms with Gasteiger partial charge in [0, 0.05) is 23.0 Å². The molecule has 4 aromatic rings. The van der Waals surface area contributed by atoms with Crippen LogP contribution in [0.3, 0.4) is 0 Å². The Labute approximate surface area is 170 Å². The molecule has 8 heteroatoms. The van der Waals surface area contributed by atoms with Gasteiger partial charge in [-0.05, 0) is 42.5 Å². The van der Waals surface area contributed by atoms with E-state index < -0.39 is 0 Å². The summed E-state index contributed by atoms with van der Waals surface area (Å²) >= 11 is 1.43. The number of hydrogen-bond donors (Lipinski definition) is 2. The van der Waals surface area contributed by atoms with Gasteiger partial charge >= 0.3 is 0 Å². The van der Waals surface area contributed by atoms with Gasteiger partial charge in [-0.2, -0.15) is 0 Å². The molecular weight excluding hydrogens is 386 g/mol. The first-order valence-corrected chi connectivity index (χ1v) is 9.74. The monoisotopic (exact) mass is 401 g/mol. The van der Waals surface area contributed by atoms with E-state index >= 15 is 0 Å². The van der Waals surface area contributed by atoms with Crippen molar-refractivity contribution in [2.45, 2.75) is 6.61 Å². The number of anilines is 3.